The minimum absolute atomic E-state index is 0.235. The molecule has 0 saturated carbocycles. The van der Waals surface area contributed by atoms with Crippen molar-refractivity contribution < 1.29 is 36.4 Å². The van der Waals surface area contributed by atoms with Crippen molar-refractivity contribution in [2.75, 3.05) is 95.8 Å². The zero-order chi connectivity index (χ0) is 37.9. The molecule has 0 aliphatic carbocycles. The van der Waals surface area contributed by atoms with Gasteiger partial charge in [0.05, 0.1) is 43.4 Å². The summed E-state index contributed by atoms with van der Waals surface area (Å²) < 4.78 is 60.4. The molecule has 280 valence electrons. The second kappa shape index (κ2) is 18.4. The largest absolute Gasteiger partial charge is 0.488 e. The van der Waals surface area contributed by atoms with Crippen LogP contribution in [-0.4, -0.2) is 119 Å². The summed E-state index contributed by atoms with van der Waals surface area (Å²) in [6, 6.07) is 12.8. The molecule has 0 atom stereocenters. The standard InChI is InChI=1S/C15H19N5O3S.C8H11BrN4O.C7H10BNO4S/c1-24(21,22)19-12-4-2-3-11(9-12)13-10-17-15(18-14(13)16)20-5-7-23-8-6-20;9-6-5-11-8(12-7(6)10)13-1-3-14-4-2-13;1-14(12,13)9-7-4-2-3-6(5-7)8(10)11/h2-4,9-10,19H,5-8H2,1H3,(H2,16,17,18);5H,1-4H2,(H2,10,11,12);2-5,9-11H,1H3. The SMILES string of the molecule is CS(=O)(=O)Nc1cccc(-c2cnc(N3CCOCC3)nc2N)c1.CS(=O)(=O)Nc1cccc(B(O)O)c1.Nc1nc(N2CCOCC2)ncc1Br. The molecule has 0 amide bonds. The first-order valence-electron chi connectivity index (χ1n) is 15.7. The van der Waals surface area contributed by atoms with Crippen molar-refractivity contribution >= 4 is 83.5 Å². The number of sulfonamides is 2. The first-order chi connectivity index (χ1) is 24.6. The number of morpholine rings is 2. The number of nitrogens with one attached hydrogen (secondary N) is 2. The summed E-state index contributed by atoms with van der Waals surface area (Å²) in [4.78, 5) is 21.2. The van der Waals surface area contributed by atoms with Gasteiger partial charge in [0.1, 0.15) is 11.6 Å². The van der Waals surface area contributed by atoms with Gasteiger partial charge in [0.2, 0.25) is 31.9 Å². The highest BCUT2D eigenvalue weighted by Gasteiger charge is 2.17. The van der Waals surface area contributed by atoms with Crippen LogP contribution in [0.1, 0.15) is 0 Å². The Morgan fingerprint density at radius 1 is 0.750 bits per heavy atom. The fourth-order valence-corrected chi connectivity index (χ4v) is 6.05. The van der Waals surface area contributed by atoms with E-state index in [1.54, 1.807) is 30.6 Å². The lowest BCUT2D eigenvalue weighted by molar-refractivity contribution is 0.122. The van der Waals surface area contributed by atoms with Crippen molar-refractivity contribution in [2.24, 2.45) is 0 Å². The number of anilines is 6. The van der Waals surface area contributed by atoms with Gasteiger partial charge in [0, 0.05) is 55.5 Å². The van der Waals surface area contributed by atoms with Crippen LogP contribution in [0.15, 0.2) is 65.4 Å². The highest BCUT2D eigenvalue weighted by molar-refractivity contribution is 9.10. The van der Waals surface area contributed by atoms with Crippen molar-refractivity contribution in [3.63, 3.8) is 0 Å². The average Bonchev–Trinajstić information content (AvgIpc) is 3.09. The summed E-state index contributed by atoms with van der Waals surface area (Å²) in [7, 11) is -8.27. The van der Waals surface area contributed by atoms with Crippen LogP contribution in [0.4, 0.5) is 34.9 Å². The third kappa shape index (κ3) is 13.0. The van der Waals surface area contributed by atoms with E-state index >= 15 is 0 Å². The van der Waals surface area contributed by atoms with Gasteiger partial charge in [-0.3, -0.25) is 9.44 Å². The van der Waals surface area contributed by atoms with Crippen LogP contribution in [0.3, 0.4) is 0 Å². The van der Waals surface area contributed by atoms with Crippen LogP contribution in [0.2, 0.25) is 0 Å². The molecule has 2 fully saturated rings. The predicted octanol–water partition coefficient (Wildman–Crippen LogP) is 0.330. The zero-order valence-electron chi connectivity index (χ0n) is 28.4. The third-order valence-electron chi connectivity index (χ3n) is 7.12. The van der Waals surface area contributed by atoms with Crippen molar-refractivity contribution in [1.29, 1.82) is 0 Å². The summed E-state index contributed by atoms with van der Waals surface area (Å²) in [6.07, 6.45) is 5.46. The van der Waals surface area contributed by atoms with Gasteiger partial charge in [0.25, 0.3) is 0 Å². The smallest absolute Gasteiger partial charge is 0.423 e. The van der Waals surface area contributed by atoms with E-state index < -0.39 is 27.2 Å². The number of benzene rings is 2. The van der Waals surface area contributed by atoms with E-state index in [-0.39, 0.29) is 5.46 Å². The molecule has 0 radical (unpaired) electrons. The molecular formula is C30H40BBrN10O8S2. The Hall–Kier alpha value is -4.32. The van der Waals surface area contributed by atoms with Crippen LogP contribution in [0, 0.1) is 0 Å². The molecule has 8 N–H and O–H groups in total. The summed E-state index contributed by atoms with van der Waals surface area (Å²) in [5, 5.41) is 17.6. The number of nitrogen functional groups attached to an aromatic ring is 2. The summed E-state index contributed by atoms with van der Waals surface area (Å²) in [5.41, 5.74) is 14.2. The maximum absolute atomic E-state index is 11.4. The fraction of sp³-hybridized carbons (Fsp3) is 0.333. The Morgan fingerprint density at radius 3 is 1.71 bits per heavy atom. The van der Waals surface area contributed by atoms with E-state index in [4.69, 9.17) is 31.0 Å². The molecule has 6 rings (SSSR count). The van der Waals surface area contributed by atoms with Crippen LogP contribution in [-0.2, 0) is 29.5 Å². The summed E-state index contributed by atoms with van der Waals surface area (Å²) in [6.45, 7) is 5.83. The number of nitrogens with two attached hydrogens (primary N) is 2. The van der Waals surface area contributed by atoms with Crippen LogP contribution in [0.25, 0.3) is 11.1 Å². The molecule has 4 heterocycles. The lowest BCUT2D eigenvalue weighted by Gasteiger charge is -2.27. The third-order valence-corrected chi connectivity index (χ3v) is 8.94. The van der Waals surface area contributed by atoms with Gasteiger partial charge in [-0.15, -0.1) is 0 Å². The maximum atomic E-state index is 11.4. The molecule has 0 unspecified atom stereocenters. The molecule has 2 aromatic heterocycles. The monoisotopic (exact) mass is 822 g/mol. The number of ether oxygens (including phenoxy) is 2. The number of nitrogens with zero attached hydrogens (tertiary/aromatic N) is 6. The Morgan fingerprint density at radius 2 is 1.23 bits per heavy atom. The number of halogens is 1. The lowest BCUT2D eigenvalue weighted by Crippen LogP contribution is -2.37. The van der Waals surface area contributed by atoms with E-state index in [9.17, 15) is 16.8 Å². The van der Waals surface area contributed by atoms with Gasteiger partial charge < -0.3 is 40.8 Å². The molecular weight excluding hydrogens is 783 g/mol. The first kappa shape index (κ1) is 40.5. The summed E-state index contributed by atoms with van der Waals surface area (Å²) in [5.74, 6) is 2.07. The fourth-order valence-electron chi connectivity index (χ4n) is 4.75. The highest BCUT2D eigenvalue weighted by Crippen LogP contribution is 2.28. The number of hydrogen-bond donors (Lipinski definition) is 6. The van der Waals surface area contributed by atoms with Gasteiger partial charge in [-0.2, -0.15) is 9.97 Å². The number of rotatable bonds is 8. The van der Waals surface area contributed by atoms with E-state index in [0.29, 0.717) is 53.7 Å². The Kier molecular flexibility index (Phi) is 14.3. The first-order valence-corrected chi connectivity index (χ1v) is 20.2. The second-order valence-electron chi connectivity index (χ2n) is 11.4. The molecule has 2 aliphatic rings. The molecule has 22 heteroatoms. The minimum Gasteiger partial charge on any atom is -0.423 e. The van der Waals surface area contributed by atoms with Gasteiger partial charge >= 0.3 is 7.12 Å². The molecule has 2 saturated heterocycles. The van der Waals surface area contributed by atoms with Crippen molar-refractivity contribution in [1.82, 2.24) is 19.9 Å². The van der Waals surface area contributed by atoms with Crippen LogP contribution >= 0.6 is 15.9 Å². The molecule has 18 nitrogen and oxygen atoms in total. The van der Waals surface area contributed by atoms with E-state index in [1.165, 1.54) is 24.3 Å². The lowest BCUT2D eigenvalue weighted by atomic mass is 9.80. The van der Waals surface area contributed by atoms with E-state index in [0.717, 1.165) is 61.9 Å². The molecule has 0 bridgehead atoms. The molecule has 4 aromatic rings. The van der Waals surface area contributed by atoms with E-state index in [1.807, 2.05) is 11.0 Å². The van der Waals surface area contributed by atoms with E-state index in [2.05, 4.69) is 50.2 Å². The van der Waals surface area contributed by atoms with Gasteiger partial charge in [-0.05, 0) is 51.2 Å². The van der Waals surface area contributed by atoms with Gasteiger partial charge in [-0.1, -0.05) is 24.3 Å². The number of aromatic nitrogens is 4. The average molecular weight is 824 g/mol. The summed E-state index contributed by atoms with van der Waals surface area (Å²) >= 11 is 3.26. The highest BCUT2D eigenvalue weighted by atomic mass is 79.9. The Balaban J connectivity index is 0.000000186. The quantitative estimate of drug-likeness (QED) is 0.131. The topological polar surface area (TPSA) is 261 Å². The van der Waals surface area contributed by atoms with Crippen molar-refractivity contribution in [2.45, 2.75) is 0 Å². The van der Waals surface area contributed by atoms with Gasteiger partial charge in [0.15, 0.2) is 0 Å². The zero-order valence-corrected chi connectivity index (χ0v) is 31.6. The molecule has 2 aromatic carbocycles. The van der Waals surface area contributed by atoms with Crippen molar-refractivity contribution in [3.8, 4) is 11.1 Å². The van der Waals surface area contributed by atoms with Crippen molar-refractivity contribution in [3.05, 3.63) is 65.4 Å². The Labute approximate surface area is 311 Å². The van der Waals surface area contributed by atoms with Crippen LogP contribution in [0.5, 0.6) is 0 Å². The Bertz CT molecular complexity index is 2020. The molecule has 52 heavy (non-hydrogen) atoms. The normalized spacial score (nSPS) is 14.6. The maximum Gasteiger partial charge on any atom is 0.488 e. The number of hydrogen-bond acceptors (Lipinski definition) is 16. The molecule has 0 spiro atoms. The second-order valence-corrected chi connectivity index (χ2v) is 15.8. The minimum atomic E-state index is -3.34. The molecule has 2 aliphatic heterocycles. The van der Waals surface area contributed by atoms with Crippen LogP contribution < -0.4 is 36.2 Å². The van der Waals surface area contributed by atoms with Gasteiger partial charge in [-0.25, -0.2) is 26.8 Å². The predicted molar refractivity (Wildman–Crippen MR) is 205 cm³/mol.